The van der Waals surface area contributed by atoms with E-state index < -0.39 is 5.91 Å². The Labute approximate surface area is 117 Å². The quantitative estimate of drug-likeness (QED) is 0.781. The van der Waals surface area contributed by atoms with Gasteiger partial charge in [0.2, 0.25) is 5.91 Å². The molecule has 4 heteroatoms. The Morgan fingerprint density at radius 1 is 1.20 bits per heavy atom. The van der Waals surface area contributed by atoms with Crippen LogP contribution in [0, 0.1) is 0 Å². The molecular formula is C16H16N2O2. The summed E-state index contributed by atoms with van der Waals surface area (Å²) in [5, 5.41) is 12.8. The van der Waals surface area contributed by atoms with Crippen molar-refractivity contribution in [3.05, 3.63) is 58.7 Å². The number of para-hydroxylation sites is 1. The third kappa shape index (κ3) is 2.14. The highest BCUT2D eigenvalue weighted by Gasteiger charge is 2.16. The topological polar surface area (TPSA) is 75.4 Å². The maximum Gasteiger partial charge on any atom is 0.248 e. The largest absolute Gasteiger partial charge is 0.392 e. The number of aryl methyl sites for hydroxylation is 2. The lowest BCUT2D eigenvalue weighted by molar-refractivity contribution is 0.1000. The molecule has 1 aliphatic rings. The zero-order valence-electron chi connectivity index (χ0n) is 11.0. The van der Waals surface area contributed by atoms with Crippen LogP contribution >= 0.6 is 0 Å². The summed E-state index contributed by atoms with van der Waals surface area (Å²) in [5.74, 6) is -0.411. The van der Waals surface area contributed by atoms with Gasteiger partial charge < -0.3 is 16.2 Å². The van der Waals surface area contributed by atoms with E-state index in [4.69, 9.17) is 5.73 Å². The highest BCUT2D eigenvalue weighted by Crippen LogP contribution is 2.32. The van der Waals surface area contributed by atoms with Gasteiger partial charge in [-0.2, -0.15) is 0 Å². The van der Waals surface area contributed by atoms with Gasteiger partial charge in [-0.1, -0.05) is 18.2 Å². The summed E-state index contributed by atoms with van der Waals surface area (Å²) in [6.07, 6.45) is 1.71. The number of primary amides is 1. The van der Waals surface area contributed by atoms with E-state index in [-0.39, 0.29) is 6.61 Å². The first-order valence-corrected chi connectivity index (χ1v) is 6.60. The number of nitrogens with two attached hydrogens (primary N) is 1. The van der Waals surface area contributed by atoms with Crippen molar-refractivity contribution in [3.63, 3.8) is 0 Å². The van der Waals surface area contributed by atoms with Gasteiger partial charge in [0.25, 0.3) is 0 Å². The Hall–Kier alpha value is -2.33. The smallest absolute Gasteiger partial charge is 0.248 e. The van der Waals surface area contributed by atoms with Crippen molar-refractivity contribution in [2.24, 2.45) is 5.73 Å². The second-order valence-electron chi connectivity index (χ2n) is 4.97. The number of hydrogen-bond acceptors (Lipinski definition) is 3. The van der Waals surface area contributed by atoms with Crippen molar-refractivity contribution in [3.8, 4) is 0 Å². The molecule has 0 radical (unpaired) electrons. The van der Waals surface area contributed by atoms with Crippen molar-refractivity contribution in [1.29, 1.82) is 0 Å². The van der Waals surface area contributed by atoms with Gasteiger partial charge in [-0.05, 0) is 42.2 Å². The molecule has 0 aliphatic carbocycles. The number of aliphatic hydroxyl groups is 1. The van der Waals surface area contributed by atoms with E-state index in [1.807, 2.05) is 24.3 Å². The van der Waals surface area contributed by atoms with Crippen LogP contribution < -0.4 is 11.1 Å². The Morgan fingerprint density at radius 3 is 2.75 bits per heavy atom. The summed E-state index contributed by atoms with van der Waals surface area (Å²) in [4.78, 5) is 11.3. The van der Waals surface area contributed by atoms with E-state index >= 15 is 0 Å². The Balaban J connectivity index is 2.06. The van der Waals surface area contributed by atoms with Crippen molar-refractivity contribution >= 4 is 17.3 Å². The number of anilines is 2. The number of benzene rings is 2. The molecule has 2 aromatic carbocycles. The minimum absolute atomic E-state index is 0.00484. The molecule has 0 bridgehead atoms. The van der Waals surface area contributed by atoms with Gasteiger partial charge in [0.1, 0.15) is 0 Å². The van der Waals surface area contributed by atoms with Crippen LogP contribution in [0.2, 0.25) is 0 Å². The van der Waals surface area contributed by atoms with E-state index in [1.165, 1.54) is 5.56 Å². The molecule has 1 amide bonds. The summed E-state index contributed by atoms with van der Waals surface area (Å²) in [6, 6.07) is 11.4. The zero-order valence-corrected chi connectivity index (χ0v) is 11.0. The standard InChI is InChI=1S/C16H16N2O2/c17-16(20)12-6-7-14-11(8-12)5-4-10-2-1-3-13(9-19)15(10)18-14/h1-3,6-8,18-19H,4-5,9H2,(H2,17,20). The maximum absolute atomic E-state index is 11.3. The van der Waals surface area contributed by atoms with Crippen LogP contribution in [0.1, 0.15) is 27.0 Å². The fourth-order valence-electron chi connectivity index (χ4n) is 2.63. The van der Waals surface area contributed by atoms with Crippen LogP contribution in [0.15, 0.2) is 36.4 Å². The molecule has 20 heavy (non-hydrogen) atoms. The lowest BCUT2D eigenvalue weighted by atomic mass is 10.0. The van der Waals surface area contributed by atoms with E-state index in [2.05, 4.69) is 11.4 Å². The average molecular weight is 268 g/mol. The first-order chi connectivity index (χ1) is 9.69. The predicted molar refractivity (Wildman–Crippen MR) is 78.0 cm³/mol. The molecule has 1 aliphatic heterocycles. The summed E-state index contributed by atoms with van der Waals surface area (Å²) < 4.78 is 0. The first kappa shape index (κ1) is 12.7. The molecule has 0 spiro atoms. The predicted octanol–water partition coefficient (Wildman–Crippen LogP) is 2.12. The average Bonchev–Trinajstić information content (AvgIpc) is 2.65. The summed E-state index contributed by atoms with van der Waals surface area (Å²) in [5.41, 5.74) is 10.9. The Bertz CT molecular complexity index is 680. The molecule has 4 N–H and O–H groups in total. The molecular weight excluding hydrogens is 252 g/mol. The molecule has 4 nitrogen and oxygen atoms in total. The van der Waals surface area contributed by atoms with Crippen molar-refractivity contribution < 1.29 is 9.90 Å². The number of aliphatic hydroxyl groups excluding tert-OH is 1. The van der Waals surface area contributed by atoms with Crippen LogP contribution in [0.4, 0.5) is 11.4 Å². The van der Waals surface area contributed by atoms with Gasteiger partial charge in [0.05, 0.1) is 6.61 Å². The number of nitrogens with one attached hydrogen (secondary N) is 1. The second kappa shape index (κ2) is 4.98. The number of fused-ring (bicyclic) bond motifs is 2. The van der Waals surface area contributed by atoms with Gasteiger partial charge in [-0.15, -0.1) is 0 Å². The lowest BCUT2D eigenvalue weighted by Crippen LogP contribution is -2.11. The Kier molecular flexibility index (Phi) is 3.16. The lowest BCUT2D eigenvalue weighted by Gasteiger charge is -2.13. The van der Waals surface area contributed by atoms with E-state index in [0.29, 0.717) is 5.56 Å². The molecule has 0 saturated carbocycles. The van der Waals surface area contributed by atoms with Crippen molar-refractivity contribution in [2.75, 3.05) is 5.32 Å². The number of hydrogen-bond donors (Lipinski definition) is 3. The van der Waals surface area contributed by atoms with Crippen molar-refractivity contribution in [2.45, 2.75) is 19.4 Å². The van der Waals surface area contributed by atoms with E-state index in [0.717, 1.165) is 35.3 Å². The number of rotatable bonds is 2. The van der Waals surface area contributed by atoms with Gasteiger partial charge in [-0.25, -0.2) is 0 Å². The van der Waals surface area contributed by atoms with Crippen LogP contribution in [0.3, 0.4) is 0 Å². The number of carbonyl (C=O) groups is 1. The SMILES string of the molecule is NC(=O)c1ccc2c(c1)CCc1cccc(CO)c1N2. The molecule has 0 saturated heterocycles. The van der Waals surface area contributed by atoms with Crippen LogP contribution in [0.25, 0.3) is 0 Å². The molecule has 0 atom stereocenters. The summed E-state index contributed by atoms with van der Waals surface area (Å²) in [7, 11) is 0. The zero-order chi connectivity index (χ0) is 14.1. The van der Waals surface area contributed by atoms with Gasteiger partial charge in [0, 0.05) is 22.5 Å². The minimum atomic E-state index is -0.411. The van der Waals surface area contributed by atoms with Gasteiger partial charge in [-0.3, -0.25) is 4.79 Å². The molecule has 0 unspecified atom stereocenters. The highest BCUT2D eigenvalue weighted by molar-refractivity contribution is 5.93. The van der Waals surface area contributed by atoms with Crippen LogP contribution in [-0.4, -0.2) is 11.0 Å². The fraction of sp³-hybridized carbons (Fsp3) is 0.188. The number of amides is 1. The van der Waals surface area contributed by atoms with Gasteiger partial charge in [0.15, 0.2) is 0 Å². The van der Waals surface area contributed by atoms with E-state index in [1.54, 1.807) is 6.07 Å². The molecule has 1 heterocycles. The van der Waals surface area contributed by atoms with Crippen LogP contribution in [-0.2, 0) is 19.4 Å². The number of carbonyl (C=O) groups excluding carboxylic acids is 1. The second-order valence-corrected chi connectivity index (χ2v) is 4.97. The molecule has 0 fully saturated rings. The molecule has 3 rings (SSSR count). The highest BCUT2D eigenvalue weighted by atomic mass is 16.3. The molecule has 2 aromatic rings. The third-order valence-electron chi connectivity index (χ3n) is 3.72. The molecule has 0 aromatic heterocycles. The molecule has 102 valence electrons. The maximum atomic E-state index is 11.3. The van der Waals surface area contributed by atoms with Gasteiger partial charge >= 0.3 is 0 Å². The Morgan fingerprint density at radius 2 is 2.00 bits per heavy atom. The normalized spacial score (nSPS) is 12.8. The van der Waals surface area contributed by atoms with Crippen LogP contribution in [0.5, 0.6) is 0 Å². The fourth-order valence-corrected chi connectivity index (χ4v) is 2.63. The first-order valence-electron chi connectivity index (χ1n) is 6.60. The monoisotopic (exact) mass is 268 g/mol. The van der Waals surface area contributed by atoms with Crippen molar-refractivity contribution in [1.82, 2.24) is 0 Å². The third-order valence-corrected chi connectivity index (χ3v) is 3.72. The minimum Gasteiger partial charge on any atom is -0.392 e. The summed E-state index contributed by atoms with van der Waals surface area (Å²) >= 11 is 0. The van der Waals surface area contributed by atoms with E-state index in [9.17, 15) is 9.90 Å². The summed E-state index contributed by atoms with van der Waals surface area (Å²) in [6.45, 7) is 0.00484.